The van der Waals surface area contributed by atoms with Gasteiger partial charge in [-0.3, -0.25) is 0 Å². The fraction of sp³-hybridized carbons (Fsp3) is 0.375. The molecule has 1 heterocycles. The predicted octanol–water partition coefficient (Wildman–Crippen LogP) is 4.83. The minimum absolute atomic E-state index is 0.0427. The van der Waals surface area contributed by atoms with Crippen molar-refractivity contribution in [1.82, 2.24) is 5.32 Å². The monoisotopic (exact) mass is 309 g/mol. The number of ether oxygens (including phenoxy) is 1. The van der Waals surface area contributed by atoms with Gasteiger partial charge in [-0.1, -0.05) is 48.9 Å². The van der Waals surface area contributed by atoms with Crippen molar-refractivity contribution in [2.75, 3.05) is 13.7 Å². The smallest absolute Gasteiger partial charge is 0.102 e. The molecule has 2 aromatic rings. The Kier molecular flexibility index (Phi) is 6.05. The van der Waals surface area contributed by atoms with Crippen molar-refractivity contribution in [1.29, 1.82) is 0 Å². The van der Waals surface area contributed by atoms with E-state index in [1.807, 2.05) is 29.6 Å². The van der Waals surface area contributed by atoms with Gasteiger partial charge in [0.25, 0.3) is 0 Å². The van der Waals surface area contributed by atoms with Gasteiger partial charge in [-0.15, -0.1) is 11.3 Å². The van der Waals surface area contributed by atoms with Gasteiger partial charge in [0.1, 0.15) is 6.10 Å². The van der Waals surface area contributed by atoms with E-state index in [1.54, 1.807) is 18.4 Å². The molecule has 0 spiro atoms. The summed E-state index contributed by atoms with van der Waals surface area (Å²) in [5.41, 5.74) is 1.16. The third-order valence-electron chi connectivity index (χ3n) is 3.23. The van der Waals surface area contributed by atoms with Crippen LogP contribution < -0.4 is 5.32 Å². The summed E-state index contributed by atoms with van der Waals surface area (Å²) >= 11 is 7.99. The van der Waals surface area contributed by atoms with Crippen LogP contribution in [0, 0.1) is 0 Å². The van der Waals surface area contributed by atoms with Gasteiger partial charge in [-0.25, -0.2) is 0 Å². The van der Waals surface area contributed by atoms with E-state index in [2.05, 4.69) is 24.4 Å². The summed E-state index contributed by atoms with van der Waals surface area (Å²) in [4.78, 5) is 1.14. The number of methoxy groups -OCH3 is 1. The number of rotatable bonds is 7. The highest BCUT2D eigenvalue weighted by Crippen LogP contribution is 2.38. The molecule has 2 rings (SSSR count). The van der Waals surface area contributed by atoms with Crippen molar-refractivity contribution in [3.63, 3.8) is 0 Å². The highest BCUT2D eigenvalue weighted by molar-refractivity contribution is 7.10. The minimum Gasteiger partial charge on any atom is -0.375 e. The number of hydrogen-bond acceptors (Lipinski definition) is 3. The topological polar surface area (TPSA) is 21.3 Å². The average molecular weight is 310 g/mol. The summed E-state index contributed by atoms with van der Waals surface area (Å²) in [6.45, 7) is 3.09. The molecule has 0 fully saturated rings. The van der Waals surface area contributed by atoms with Crippen LogP contribution in [0.5, 0.6) is 0 Å². The van der Waals surface area contributed by atoms with E-state index >= 15 is 0 Å². The van der Waals surface area contributed by atoms with E-state index in [4.69, 9.17) is 16.3 Å². The van der Waals surface area contributed by atoms with E-state index in [-0.39, 0.29) is 12.1 Å². The summed E-state index contributed by atoms with van der Waals surface area (Å²) in [5.74, 6) is 0. The van der Waals surface area contributed by atoms with Crippen LogP contribution in [-0.2, 0) is 4.74 Å². The molecule has 0 amide bonds. The van der Waals surface area contributed by atoms with Crippen LogP contribution in [-0.4, -0.2) is 13.7 Å². The lowest BCUT2D eigenvalue weighted by molar-refractivity contribution is 0.0687. The molecular weight excluding hydrogens is 290 g/mol. The highest BCUT2D eigenvalue weighted by atomic mass is 35.5. The molecule has 1 aromatic heterocycles. The molecule has 0 radical (unpaired) electrons. The lowest BCUT2D eigenvalue weighted by Gasteiger charge is -2.27. The lowest BCUT2D eigenvalue weighted by atomic mass is 10.0. The number of thiophene rings is 1. The van der Waals surface area contributed by atoms with Gasteiger partial charge < -0.3 is 10.1 Å². The Morgan fingerprint density at radius 2 is 2.00 bits per heavy atom. The van der Waals surface area contributed by atoms with Crippen molar-refractivity contribution in [2.45, 2.75) is 25.5 Å². The first-order chi connectivity index (χ1) is 9.77. The SMILES string of the molecule is CCCNC(c1sccc1Cl)C(OC)c1ccccc1. The molecule has 1 N–H and O–H groups in total. The van der Waals surface area contributed by atoms with Gasteiger partial charge in [-0.05, 0) is 30.0 Å². The Labute approximate surface area is 129 Å². The standard InChI is InChI=1S/C16H20ClNOS/c1-3-10-18-14(16-13(17)9-11-20-16)15(19-2)12-7-5-4-6-8-12/h4-9,11,14-15,18H,3,10H2,1-2H3. The van der Waals surface area contributed by atoms with Crippen molar-refractivity contribution >= 4 is 22.9 Å². The predicted molar refractivity (Wildman–Crippen MR) is 86.6 cm³/mol. The molecule has 0 aliphatic rings. The Morgan fingerprint density at radius 3 is 2.55 bits per heavy atom. The van der Waals surface area contributed by atoms with Crippen LogP contribution in [0.1, 0.15) is 35.9 Å². The maximum atomic E-state index is 6.32. The molecule has 0 bridgehead atoms. The zero-order valence-electron chi connectivity index (χ0n) is 11.8. The molecule has 1 aromatic carbocycles. The first kappa shape index (κ1) is 15.5. The molecule has 20 heavy (non-hydrogen) atoms. The third-order valence-corrected chi connectivity index (χ3v) is 4.67. The van der Waals surface area contributed by atoms with E-state index in [0.717, 1.165) is 28.4 Å². The number of hydrogen-bond donors (Lipinski definition) is 1. The van der Waals surface area contributed by atoms with Gasteiger partial charge in [0.05, 0.1) is 11.1 Å². The number of halogens is 1. The van der Waals surface area contributed by atoms with Crippen LogP contribution in [0.3, 0.4) is 0 Å². The second-order valence-corrected chi connectivity index (χ2v) is 5.99. The van der Waals surface area contributed by atoms with Crippen molar-refractivity contribution < 1.29 is 4.74 Å². The third kappa shape index (κ3) is 3.61. The molecule has 4 heteroatoms. The number of nitrogens with one attached hydrogen (secondary N) is 1. The van der Waals surface area contributed by atoms with Crippen LogP contribution in [0.25, 0.3) is 0 Å². The van der Waals surface area contributed by atoms with Gasteiger partial charge in [0.15, 0.2) is 0 Å². The summed E-state index contributed by atoms with van der Waals surface area (Å²) < 4.78 is 5.76. The zero-order valence-corrected chi connectivity index (χ0v) is 13.4. The van der Waals surface area contributed by atoms with Crippen molar-refractivity contribution in [3.05, 3.63) is 57.2 Å². The Hall–Kier alpha value is -0.870. The summed E-state index contributed by atoms with van der Waals surface area (Å²) in [6.07, 6.45) is 1.03. The lowest BCUT2D eigenvalue weighted by Crippen LogP contribution is -2.28. The molecule has 2 atom stereocenters. The maximum Gasteiger partial charge on any atom is 0.102 e. The fourth-order valence-corrected chi connectivity index (χ4v) is 3.55. The molecule has 2 unspecified atom stereocenters. The summed E-state index contributed by atoms with van der Waals surface area (Å²) in [5, 5.41) is 6.39. The van der Waals surface area contributed by atoms with Crippen LogP contribution in [0.2, 0.25) is 5.02 Å². The molecule has 2 nitrogen and oxygen atoms in total. The van der Waals surface area contributed by atoms with Crippen LogP contribution in [0.4, 0.5) is 0 Å². The van der Waals surface area contributed by atoms with E-state index in [9.17, 15) is 0 Å². The molecule has 0 saturated carbocycles. The molecule has 108 valence electrons. The molecule has 0 saturated heterocycles. The van der Waals surface area contributed by atoms with Crippen molar-refractivity contribution in [2.24, 2.45) is 0 Å². The zero-order chi connectivity index (χ0) is 14.4. The van der Waals surface area contributed by atoms with Gasteiger partial charge in [0.2, 0.25) is 0 Å². The van der Waals surface area contributed by atoms with Crippen molar-refractivity contribution in [3.8, 4) is 0 Å². The Balaban J connectivity index is 2.31. The van der Waals surface area contributed by atoms with Gasteiger partial charge in [0, 0.05) is 12.0 Å². The maximum absolute atomic E-state index is 6.32. The fourth-order valence-electron chi connectivity index (χ4n) is 2.27. The summed E-state index contributed by atoms with van der Waals surface area (Å²) in [7, 11) is 1.75. The van der Waals surface area contributed by atoms with E-state index in [0.29, 0.717) is 0 Å². The largest absolute Gasteiger partial charge is 0.375 e. The molecular formula is C16H20ClNOS. The second kappa shape index (κ2) is 7.79. The molecule has 0 aliphatic carbocycles. The Morgan fingerprint density at radius 1 is 1.25 bits per heavy atom. The first-order valence-electron chi connectivity index (χ1n) is 6.82. The first-order valence-corrected chi connectivity index (χ1v) is 8.07. The van der Waals surface area contributed by atoms with E-state index < -0.39 is 0 Å². The normalized spacial score (nSPS) is 14.2. The second-order valence-electron chi connectivity index (χ2n) is 4.63. The average Bonchev–Trinajstić information content (AvgIpc) is 2.90. The minimum atomic E-state index is -0.0427. The Bertz CT molecular complexity index is 514. The van der Waals surface area contributed by atoms with Crippen LogP contribution >= 0.6 is 22.9 Å². The van der Waals surface area contributed by atoms with Gasteiger partial charge >= 0.3 is 0 Å². The van der Waals surface area contributed by atoms with Crippen LogP contribution in [0.15, 0.2) is 41.8 Å². The van der Waals surface area contributed by atoms with Gasteiger partial charge in [-0.2, -0.15) is 0 Å². The van der Waals surface area contributed by atoms with E-state index in [1.165, 1.54) is 0 Å². The summed E-state index contributed by atoms with van der Waals surface area (Å²) in [6, 6.07) is 12.3. The molecule has 0 aliphatic heterocycles. The highest BCUT2D eigenvalue weighted by Gasteiger charge is 2.26. The number of benzene rings is 1. The quantitative estimate of drug-likeness (QED) is 0.791.